The molecule has 2 rings (SSSR count). The van der Waals surface area contributed by atoms with Crippen LogP contribution in [-0.2, 0) is 9.53 Å². The average molecular weight is 197 g/mol. The molecule has 1 aliphatic heterocycles. The van der Waals surface area contributed by atoms with Gasteiger partial charge in [0.25, 0.3) is 0 Å². The maximum Gasteiger partial charge on any atom is 0.136 e. The summed E-state index contributed by atoms with van der Waals surface area (Å²) in [7, 11) is 0. The zero-order valence-electron chi connectivity index (χ0n) is 8.71. The quantitative estimate of drug-likeness (QED) is 0.678. The van der Waals surface area contributed by atoms with Crippen LogP contribution in [0, 0.1) is 5.92 Å². The molecular formula is C11H19NO2. The van der Waals surface area contributed by atoms with Gasteiger partial charge in [-0.1, -0.05) is 0 Å². The van der Waals surface area contributed by atoms with E-state index in [2.05, 4.69) is 4.90 Å². The second kappa shape index (κ2) is 4.89. The van der Waals surface area contributed by atoms with E-state index in [4.69, 9.17) is 4.74 Å². The van der Waals surface area contributed by atoms with Crippen molar-refractivity contribution in [2.75, 3.05) is 32.8 Å². The van der Waals surface area contributed by atoms with Crippen LogP contribution in [0.15, 0.2) is 0 Å². The summed E-state index contributed by atoms with van der Waals surface area (Å²) >= 11 is 0. The Labute approximate surface area is 85.4 Å². The number of hydrogen-bond acceptors (Lipinski definition) is 3. The van der Waals surface area contributed by atoms with Crippen molar-refractivity contribution in [2.24, 2.45) is 5.92 Å². The minimum Gasteiger partial charge on any atom is -0.379 e. The lowest BCUT2D eigenvalue weighted by atomic mass is 10.0. The topological polar surface area (TPSA) is 29.5 Å². The molecule has 1 saturated heterocycles. The van der Waals surface area contributed by atoms with Gasteiger partial charge >= 0.3 is 0 Å². The Morgan fingerprint density at radius 3 is 2.79 bits per heavy atom. The van der Waals surface area contributed by atoms with Gasteiger partial charge < -0.3 is 4.74 Å². The van der Waals surface area contributed by atoms with Crippen LogP contribution in [0.5, 0.6) is 0 Å². The van der Waals surface area contributed by atoms with Gasteiger partial charge in [0.05, 0.1) is 13.2 Å². The first-order chi connectivity index (χ1) is 6.86. The van der Waals surface area contributed by atoms with Crippen molar-refractivity contribution in [3.8, 4) is 0 Å². The van der Waals surface area contributed by atoms with Crippen LogP contribution >= 0.6 is 0 Å². The smallest absolute Gasteiger partial charge is 0.136 e. The Balaban J connectivity index is 1.68. The molecule has 2 fully saturated rings. The Hall–Kier alpha value is -0.410. The van der Waals surface area contributed by atoms with Crippen molar-refractivity contribution >= 4 is 5.78 Å². The molecule has 1 unspecified atom stereocenters. The molecule has 0 aromatic rings. The monoisotopic (exact) mass is 197 g/mol. The van der Waals surface area contributed by atoms with Crippen molar-refractivity contribution in [2.45, 2.75) is 25.7 Å². The van der Waals surface area contributed by atoms with Crippen LogP contribution in [0.2, 0.25) is 0 Å². The second-order valence-electron chi connectivity index (χ2n) is 4.30. The average Bonchev–Trinajstić information content (AvgIpc) is 2.63. The summed E-state index contributed by atoms with van der Waals surface area (Å²) in [5.74, 6) is 0.871. The first-order valence-corrected chi connectivity index (χ1v) is 5.69. The molecule has 0 N–H and O–H groups in total. The van der Waals surface area contributed by atoms with Crippen LogP contribution in [0.25, 0.3) is 0 Å². The number of ketones is 1. The molecule has 1 atom stereocenters. The third kappa shape index (κ3) is 2.55. The SMILES string of the molecule is O=C1CCCC1CCN1CCOCC1. The van der Waals surface area contributed by atoms with Crippen molar-refractivity contribution in [3.05, 3.63) is 0 Å². The summed E-state index contributed by atoms with van der Waals surface area (Å²) in [5, 5.41) is 0. The van der Waals surface area contributed by atoms with Gasteiger partial charge in [-0.15, -0.1) is 0 Å². The van der Waals surface area contributed by atoms with Gasteiger partial charge in [0.2, 0.25) is 0 Å². The van der Waals surface area contributed by atoms with E-state index in [-0.39, 0.29) is 0 Å². The highest BCUT2D eigenvalue weighted by atomic mass is 16.5. The van der Waals surface area contributed by atoms with E-state index in [0.717, 1.165) is 58.5 Å². The third-order valence-electron chi connectivity index (χ3n) is 3.33. The zero-order valence-corrected chi connectivity index (χ0v) is 8.71. The van der Waals surface area contributed by atoms with Gasteiger partial charge in [-0.05, 0) is 25.8 Å². The Morgan fingerprint density at radius 2 is 2.14 bits per heavy atom. The van der Waals surface area contributed by atoms with Crippen LogP contribution in [-0.4, -0.2) is 43.5 Å². The van der Waals surface area contributed by atoms with Crippen LogP contribution < -0.4 is 0 Å². The van der Waals surface area contributed by atoms with Crippen LogP contribution in [0.3, 0.4) is 0 Å². The minimum atomic E-state index is 0.373. The second-order valence-corrected chi connectivity index (χ2v) is 4.30. The predicted molar refractivity (Wildman–Crippen MR) is 54.2 cm³/mol. The number of rotatable bonds is 3. The third-order valence-corrected chi connectivity index (χ3v) is 3.33. The first kappa shape index (κ1) is 10.1. The molecule has 1 heterocycles. The van der Waals surface area contributed by atoms with Gasteiger partial charge in [0.1, 0.15) is 5.78 Å². The maximum atomic E-state index is 11.4. The van der Waals surface area contributed by atoms with E-state index in [1.807, 2.05) is 0 Å². The molecule has 1 saturated carbocycles. The lowest BCUT2D eigenvalue weighted by Gasteiger charge is -2.27. The zero-order chi connectivity index (χ0) is 9.80. The molecule has 0 aromatic carbocycles. The summed E-state index contributed by atoms with van der Waals surface area (Å²) in [5.41, 5.74) is 0. The normalized spacial score (nSPS) is 29.7. The molecule has 0 spiro atoms. The van der Waals surface area contributed by atoms with Gasteiger partial charge in [-0.2, -0.15) is 0 Å². The summed E-state index contributed by atoms with van der Waals surface area (Å²) in [6.45, 7) is 4.89. The van der Waals surface area contributed by atoms with E-state index < -0.39 is 0 Å². The Morgan fingerprint density at radius 1 is 1.36 bits per heavy atom. The standard InChI is InChI=1S/C11H19NO2/c13-11-3-1-2-10(11)4-5-12-6-8-14-9-7-12/h10H,1-9H2. The highest BCUT2D eigenvalue weighted by Crippen LogP contribution is 2.24. The summed E-state index contributed by atoms with van der Waals surface area (Å²) in [6, 6.07) is 0. The first-order valence-electron chi connectivity index (χ1n) is 5.69. The van der Waals surface area contributed by atoms with Crippen molar-refractivity contribution in [1.82, 2.24) is 4.90 Å². The summed E-state index contributed by atoms with van der Waals surface area (Å²) in [6.07, 6.45) is 4.14. The highest BCUT2D eigenvalue weighted by molar-refractivity contribution is 5.82. The fourth-order valence-electron chi connectivity index (χ4n) is 2.36. The van der Waals surface area contributed by atoms with E-state index in [1.54, 1.807) is 0 Å². The number of morpholine rings is 1. The van der Waals surface area contributed by atoms with Gasteiger partial charge in [0.15, 0.2) is 0 Å². The lowest BCUT2D eigenvalue weighted by Crippen LogP contribution is -2.37. The fraction of sp³-hybridized carbons (Fsp3) is 0.909. The van der Waals surface area contributed by atoms with Gasteiger partial charge in [-0.25, -0.2) is 0 Å². The van der Waals surface area contributed by atoms with Crippen molar-refractivity contribution in [3.63, 3.8) is 0 Å². The molecule has 0 amide bonds. The molecule has 14 heavy (non-hydrogen) atoms. The summed E-state index contributed by atoms with van der Waals surface area (Å²) < 4.78 is 5.28. The number of Topliss-reactive ketones (excluding diaryl/α,β-unsaturated/α-hetero) is 1. The minimum absolute atomic E-state index is 0.373. The number of hydrogen-bond donors (Lipinski definition) is 0. The van der Waals surface area contributed by atoms with Crippen LogP contribution in [0.4, 0.5) is 0 Å². The Bertz CT molecular complexity index is 199. The number of carbonyl (C=O) groups is 1. The fourth-order valence-corrected chi connectivity index (χ4v) is 2.36. The van der Waals surface area contributed by atoms with E-state index >= 15 is 0 Å². The molecule has 0 radical (unpaired) electrons. The van der Waals surface area contributed by atoms with Crippen LogP contribution in [0.1, 0.15) is 25.7 Å². The molecular weight excluding hydrogens is 178 g/mol. The number of ether oxygens (including phenoxy) is 1. The molecule has 1 aliphatic carbocycles. The van der Waals surface area contributed by atoms with Crippen molar-refractivity contribution in [1.29, 1.82) is 0 Å². The molecule has 80 valence electrons. The highest BCUT2D eigenvalue weighted by Gasteiger charge is 2.24. The van der Waals surface area contributed by atoms with Gasteiger partial charge in [0, 0.05) is 25.4 Å². The largest absolute Gasteiger partial charge is 0.379 e. The molecule has 3 nitrogen and oxygen atoms in total. The maximum absolute atomic E-state index is 11.4. The lowest BCUT2D eigenvalue weighted by molar-refractivity contribution is -0.120. The number of carbonyl (C=O) groups excluding carboxylic acids is 1. The molecule has 0 bridgehead atoms. The van der Waals surface area contributed by atoms with E-state index in [1.165, 1.54) is 0 Å². The summed E-state index contributed by atoms with van der Waals surface area (Å²) in [4.78, 5) is 13.8. The Kier molecular flexibility index (Phi) is 3.54. The van der Waals surface area contributed by atoms with E-state index in [9.17, 15) is 4.79 Å². The van der Waals surface area contributed by atoms with Gasteiger partial charge in [-0.3, -0.25) is 9.69 Å². The number of nitrogens with zero attached hydrogens (tertiary/aromatic N) is 1. The molecule has 0 aromatic heterocycles. The molecule has 3 heteroatoms. The van der Waals surface area contributed by atoms with Crippen molar-refractivity contribution < 1.29 is 9.53 Å². The molecule has 2 aliphatic rings. The van der Waals surface area contributed by atoms with E-state index in [0.29, 0.717) is 11.7 Å². The predicted octanol–water partition coefficient (Wildman–Crippen LogP) is 1.08.